The maximum absolute atomic E-state index is 17.3. The number of fused-ring (bicyclic) bond motifs is 3. The van der Waals surface area contributed by atoms with Gasteiger partial charge in [0, 0.05) is 99.3 Å². The number of amides is 1. The van der Waals surface area contributed by atoms with Crippen LogP contribution in [0.1, 0.15) is 94.7 Å². The number of hydrogen-bond acceptors (Lipinski definition) is 12. The number of likely N-dealkylation sites (tertiary alicyclic amines) is 1. The number of aryl methyl sites for hydroxylation is 2. The smallest absolute Gasteiger partial charge is 0.319 e. The van der Waals surface area contributed by atoms with E-state index in [0.717, 1.165) is 126 Å². The van der Waals surface area contributed by atoms with Gasteiger partial charge in [-0.1, -0.05) is 19.6 Å². The van der Waals surface area contributed by atoms with Crippen LogP contribution >= 0.6 is 0 Å². The number of pyridine rings is 1. The minimum absolute atomic E-state index is 0.00505. The lowest BCUT2D eigenvalue weighted by Crippen LogP contribution is -2.59. The Kier molecular flexibility index (Phi) is 11.4. The number of aromatic nitrogens is 5. The molecule has 2 atom stereocenters. The van der Waals surface area contributed by atoms with Crippen molar-refractivity contribution in [3.63, 3.8) is 0 Å². The van der Waals surface area contributed by atoms with Gasteiger partial charge in [-0.15, -0.1) is 0 Å². The average Bonchev–Trinajstić information content (AvgIpc) is 4.07. The van der Waals surface area contributed by atoms with Crippen molar-refractivity contribution in [3.05, 3.63) is 83.8 Å². The van der Waals surface area contributed by atoms with Crippen LogP contribution in [0.2, 0.25) is 0 Å². The topological polar surface area (TPSA) is 137 Å². The Labute approximate surface area is 424 Å². The third kappa shape index (κ3) is 8.35. The molecule has 14 nitrogen and oxygen atoms in total. The van der Waals surface area contributed by atoms with Gasteiger partial charge < -0.3 is 34.6 Å². The fraction of sp³-hybridized carbons (Fsp3) is 0.526. The van der Waals surface area contributed by atoms with E-state index in [2.05, 4.69) is 54.7 Å². The number of hydrogen-bond donors (Lipinski definition) is 2. The highest BCUT2D eigenvalue weighted by atomic mass is 19.1. The van der Waals surface area contributed by atoms with Crippen LogP contribution in [0.15, 0.2) is 60.9 Å². The standard InChI is InChI=1S/C57H66F2N10O4/c1-4-40-45(58)11-7-36-26-39(70)28-43(47(36)40)50-48(59)51-44(31-60-50)52(69-18-5-12-57(33-69)17-25-73-57)63-54(62-51)72-34-56(13-14-56)32-66-19-15-55(16-20-66)29-38(30-55)68-23-21-67(22-24-68)37-8-10-41-46(27-37)65(3)64-49(41)42-9-6-35(2)61-53(42)71/h7-8,10-11,26-28,31,38,42,70H,2,4-6,9,12-25,29-30,32-34H2,1,3H3,(H,61,71)/t42?,57-/m0/s1. The fourth-order valence-electron chi connectivity index (χ4n) is 13.7. The van der Waals surface area contributed by atoms with Crippen molar-refractivity contribution in [1.82, 2.24) is 39.8 Å². The predicted molar refractivity (Wildman–Crippen MR) is 278 cm³/mol. The van der Waals surface area contributed by atoms with Gasteiger partial charge in [0.2, 0.25) is 5.91 Å². The number of piperazine rings is 1. The van der Waals surface area contributed by atoms with Gasteiger partial charge >= 0.3 is 6.01 Å². The molecule has 8 heterocycles. The van der Waals surface area contributed by atoms with Crippen LogP contribution in [0.25, 0.3) is 43.8 Å². The van der Waals surface area contributed by atoms with E-state index in [1.807, 2.05) is 18.7 Å². The van der Waals surface area contributed by atoms with Gasteiger partial charge in [0.15, 0.2) is 5.82 Å². The highest BCUT2D eigenvalue weighted by Crippen LogP contribution is 2.53. The maximum atomic E-state index is 17.3. The van der Waals surface area contributed by atoms with Crippen molar-refractivity contribution in [3.8, 4) is 23.0 Å². The quantitative estimate of drug-likeness (QED) is 0.128. The zero-order valence-corrected chi connectivity index (χ0v) is 42.2. The first kappa shape index (κ1) is 46.8. The van der Waals surface area contributed by atoms with Crippen molar-refractivity contribution in [2.45, 2.75) is 102 Å². The number of nitrogens with one attached hydrogen (secondary N) is 1. The summed E-state index contributed by atoms with van der Waals surface area (Å²) in [5, 5.41) is 21.2. The first-order valence-electron chi connectivity index (χ1n) is 26.9. The number of benzene rings is 3. The Hall–Kier alpha value is -5.97. The average molecular weight is 993 g/mol. The molecule has 1 amide bonds. The highest BCUT2D eigenvalue weighted by Gasteiger charge is 2.51. The number of anilines is 2. The number of aromatic hydroxyl groups is 1. The van der Waals surface area contributed by atoms with Crippen LogP contribution in [0.4, 0.5) is 20.3 Å². The molecule has 3 aromatic carbocycles. The molecule has 16 heteroatoms. The first-order valence-corrected chi connectivity index (χ1v) is 26.9. The van der Waals surface area contributed by atoms with Crippen LogP contribution in [0, 0.1) is 22.5 Å². The summed E-state index contributed by atoms with van der Waals surface area (Å²) in [5.74, 6) is -0.777. The maximum Gasteiger partial charge on any atom is 0.319 e. The predicted octanol–water partition coefficient (Wildman–Crippen LogP) is 8.77. The summed E-state index contributed by atoms with van der Waals surface area (Å²) in [6.45, 7) is 15.6. The van der Waals surface area contributed by atoms with E-state index in [9.17, 15) is 9.90 Å². The summed E-state index contributed by atoms with van der Waals surface area (Å²) in [6, 6.07) is 13.4. The summed E-state index contributed by atoms with van der Waals surface area (Å²) in [7, 11) is 1.98. The lowest BCUT2D eigenvalue weighted by Gasteiger charge is -2.56. The van der Waals surface area contributed by atoms with E-state index in [-0.39, 0.29) is 51.6 Å². The molecule has 73 heavy (non-hydrogen) atoms. The number of allylic oxidation sites excluding steroid dienone is 1. The van der Waals surface area contributed by atoms with Gasteiger partial charge in [0.25, 0.3) is 0 Å². The number of carbonyl (C=O) groups is 1. The molecule has 2 aliphatic carbocycles. The van der Waals surface area contributed by atoms with Crippen molar-refractivity contribution < 1.29 is 28.2 Å². The Bertz CT molecular complexity index is 3180. The van der Waals surface area contributed by atoms with Crippen molar-refractivity contribution in [2.75, 3.05) is 81.9 Å². The third-order valence-corrected chi connectivity index (χ3v) is 18.2. The van der Waals surface area contributed by atoms with E-state index < -0.39 is 5.82 Å². The summed E-state index contributed by atoms with van der Waals surface area (Å²) in [5.41, 5.74) is 4.96. The Morgan fingerprint density at radius 1 is 0.932 bits per heavy atom. The number of piperidine rings is 3. The van der Waals surface area contributed by atoms with Gasteiger partial charge in [0.05, 0.1) is 41.3 Å². The second-order valence-corrected chi connectivity index (χ2v) is 22.8. The molecule has 5 saturated heterocycles. The molecule has 2 spiro atoms. The zero-order chi connectivity index (χ0) is 49.8. The largest absolute Gasteiger partial charge is 0.508 e. The number of phenolic OH excluding ortho intramolecular Hbond substituents is 1. The lowest BCUT2D eigenvalue weighted by molar-refractivity contribution is -0.151. The number of carbonyl (C=O) groups excluding carboxylic acids is 1. The molecule has 7 aliphatic rings. The molecule has 0 bridgehead atoms. The Morgan fingerprint density at radius 3 is 2.48 bits per heavy atom. The normalized spacial score (nSPS) is 24.4. The third-order valence-electron chi connectivity index (χ3n) is 18.2. The number of nitrogens with zero attached hydrogens (tertiary/aromatic N) is 9. The molecule has 2 saturated carbocycles. The van der Waals surface area contributed by atoms with E-state index in [0.29, 0.717) is 64.1 Å². The zero-order valence-electron chi connectivity index (χ0n) is 42.2. The van der Waals surface area contributed by atoms with Crippen LogP contribution in [0.5, 0.6) is 11.8 Å². The Balaban J connectivity index is 0.655. The van der Waals surface area contributed by atoms with Crippen LogP contribution in [-0.2, 0) is 23.0 Å². The Morgan fingerprint density at radius 2 is 1.74 bits per heavy atom. The molecule has 5 aliphatic heterocycles. The number of rotatable bonds is 11. The molecule has 6 aromatic rings. The number of phenols is 1. The molecule has 1 unspecified atom stereocenters. The van der Waals surface area contributed by atoms with E-state index >= 15 is 8.78 Å². The molecule has 7 fully saturated rings. The van der Waals surface area contributed by atoms with Gasteiger partial charge in [-0.3, -0.25) is 19.4 Å². The molecule has 382 valence electrons. The fourth-order valence-corrected chi connectivity index (χ4v) is 13.7. The van der Waals surface area contributed by atoms with E-state index in [4.69, 9.17) is 24.5 Å². The minimum Gasteiger partial charge on any atom is -0.508 e. The van der Waals surface area contributed by atoms with Crippen LogP contribution in [-0.4, -0.2) is 129 Å². The molecule has 13 rings (SSSR count). The van der Waals surface area contributed by atoms with Crippen molar-refractivity contribution in [2.24, 2.45) is 17.9 Å². The van der Waals surface area contributed by atoms with Gasteiger partial charge in [-0.2, -0.15) is 15.1 Å². The van der Waals surface area contributed by atoms with Crippen LogP contribution < -0.4 is 19.9 Å². The summed E-state index contributed by atoms with van der Waals surface area (Å²) < 4.78 is 47.2. The second kappa shape index (κ2) is 17.9. The molecule has 2 N–H and O–H groups in total. The lowest BCUT2D eigenvalue weighted by atomic mass is 9.60. The highest BCUT2D eigenvalue weighted by molar-refractivity contribution is 6.02. The van der Waals surface area contributed by atoms with E-state index in [1.54, 1.807) is 18.3 Å². The van der Waals surface area contributed by atoms with Gasteiger partial charge in [-0.25, -0.2) is 8.78 Å². The SMILES string of the molecule is C=C1CCC(c2nn(C)c3cc(N4CCN(C5CC6(CCN(CC7(COc8nc(N9CCC[C@]%10(CCO%10)C9)c9cnc(-c%10cc(O)cc%11ccc(F)c(CC)c%10%11)c(F)c9n8)CC7)CC6)C5)CC4)ccc23)C(=O)N1. The number of halogens is 2. The molecule has 3 aromatic heterocycles. The first-order chi connectivity index (χ1) is 35.4. The number of ether oxygens (including phenoxy) is 2. The minimum atomic E-state index is -0.659. The molecular weight excluding hydrogens is 927 g/mol. The van der Waals surface area contributed by atoms with Gasteiger partial charge in [-0.05, 0) is 142 Å². The monoisotopic (exact) mass is 993 g/mol. The summed E-state index contributed by atoms with van der Waals surface area (Å²) >= 11 is 0. The summed E-state index contributed by atoms with van der Waals surface area (Å²) in [4.78, 5) is 37.3. The summed E-state index contributed by atoms with van der Waals surface area (Å²) in [6.07, 6.45) is 13.5. The van der Waals surface area contributed by atoms with Crippen LogP contribution in [0.3, 0.4) is 0 Å². The second-order valence-electron chi connectivity index (χ2n) is 22.8. The molecule has 0 radical (unpaired) electrons. The van der Waals surface area contributed by atoms with E-state index in [1.165, 1.54) is 43.5 Å². The van der Waals surface area contributed by atoms with Crippen molar-refractivity contribution in [1.29, 1.82) is 0 Å². The van der Waals surface area contributed by atoms with Gasteiger partial charge in [0.1, 0.15) is 28.6 Å². The van der Waals surface area contributed by atoms with Crippen molar-refractivity contribution >= 4 is 50.0 Å². The molecular formula is C57H66F2N10O4.